The van der Waals surface area contributed by atoms with Crippen LogP contribution >= 0.6 is 0 Å². The van der Waals surface area contributed by atoms with Gasteiger partial charge in [0.05, 0.1) is 17.1 Å². The van der Waals surface area contributed by atoms with Crippen molar-refractivity contribution in [2.45, 2.75) is 13.8 Å². The number of halogens is 1. The lowest BCUT2D eigenvalue weighted by atomic mass is 10.1. The lowest BCUT2D eigenvalue weighted by Gasteiger charge is -2.05. The van der Waals surface area contributed by atoms with Crippen LogP contribution in [-0.2, 0) is 4.74 Å². The molecular formula is C10H10FNO4. The Labute approximate surface area is 91.0 Å². The van der Waals surface area contributed by atoms with Crippen LogP contribution in [0.2, 0.25) is 0 Å². The molecule has 0 saturated heterocycles. The van der Waals surface area contributed by atoms with E-state index in [2.05, 4.69) is 0 Å². The number of esters is 1. The van der Waals surface area contributed by atoms with Crippen molar-refractivity contribution in [3.63, 3.8) is 0 Å². The van der Waals surface area contributed by atoms with Crippen molar-refractivity contribution >= 4 is 11.7 Å². The second-order valence-corrected chi connectivity index (χ2v) is 3.10. The molecule has 5 nitrogen and oxygen atoms in total. The predicted molar refractivity (Wildman–Crippen MR) is 53.7 cm³/mol. The number of hydrogen-bond donors (Lipinski definition) is 0. The van der Waals surface area contributed by atoms with Gasteiger partial charge in [-0.3, -0.25) is 10.1 Å². The highest BCUT2D eigenvalue weighted by molar-refractivity contribution is 5.91. The largest absolute Gasteiger partial charge is 0.462 e. The van der Waals surface area contributed by atoms with Gasteiger partial charge in [-0.15, -0.1) is 0 Å². The van der Waals surface area contributed by atoms with Crippen LogP contribution in [0.5, 0.6) is 0 Å². The number of aryl methyl sites for hydroxylation is 1. The quantitative estimate of drug-likeness (QED) is 0.451. The molecule has 0 unspecified atom stereocenters. The number of carbonyl (C=O) groups is 1. The number of nitro benzene ring substituents is 1. The van der Waals surface area contributed by atoms with E-state index in [1.807, 2.05) is 0 Å². The van der Waals surface area contributed by atoms with Gasteiger partial charge in [-0.1, -0.05) is 0 Å². The number of rotatable bonds is 3. The van der Waals surface area contributed by atoms with Gasteiger partial charge in [0.1, 0.15) is 0 Å². The van der Waals surface area contributed by atoms with Gasteiger partial charge in [0, 0.05) is 6.07 Å². The molecule has 0 bridgehead atoms. The summed E-state index contributed by atoms with van der Waals surface area (Å²) in [4.78, 5) is 21.0. The zero-order valence-corrected chi connectivity index (χ0v) is 8.82. The second-order valence-electron chi connectivity index (χ2n) is 3.10. The lowest BCUT2D eigenvalue weighted by molar-refractivity contribution is -0.387. The number of ether oxygens (including phenoxy) is 1. The van der Waals surface area contributed by atoms with Gasteiger partial charge in [-0.2, -0.15) is 4.39 Å². The number of hydrogen-bond acceptors (Lipinski definition) is 4. The third-order valence-corrected chi connectivity index (χ3v) is 1.99. The van der Waals surface area contributed by atoms with Crippen LogP contribution in [-0.4, -0.2) is 17.5 Å². The fraction of sp³-hybridized carbons (Fsp3) is 0.300. The Morgan fingerprint density at radius 2 is 2.19 bits per heavy atom. The Morgan fingerprint density at radius 1 is 1.56 bits per heavy atom. The van der Waals surface area contributed by atoms with Crippen molar-refractivity contribution in [3.8, 4) is 0 Å². The van der Waals surface area contributed by atoms with Crippen LogP contribution in [0, 0.1) is 22.9 Å². The summed E-state index contributed by atoms with van der Waals surface area (Å²) in [6.45, 7) is 3.26. The van der Waals surface area contributed by atoms with Crippen molar-refractivity contribution in [2.24, 2.45) is 0 Å². The zero-order chi connectivity index (χ0) is 12.3. The van der Waals surface area contributed by atoms with Crippen LogP contribution in [0.1, 0.15) is 22.8 Å². The molecule has 0 N–H and O–H groups in total. The molecule has 0 atom stereocenters. The van der Waals surface area contributed by atoms with E-state index < -0.39 is 22.4 Å². The standard InChI is InChI=1S/C10H10FNO4/c1-3-16-10(13)7-5-9(12(14)15)8(11)4-6(7)2/h4-5H,3H2,1-2H3. The molecule has 0 radical (unpaired) electrons. The average Bonchev–Trinajstić information content (AvgIpc) is 2.17. The van der Waals surface area contributed by atoms with E-state index in [9.17, 15) is 19.3 Å². The van der Waals surface area contributed by atoms with Gasteiger partial charge in [0.15, 0.2) is 0 Å². The maximum absolute atomic E-state index is 13.1. The molecule has 0 heterocycles. The summed E-state index contributed by atoms with van der Waals surface area (Å²) in [5.74, 6) is -1.65. The van der Waals surface area contributed by atoms with Gasteiger partial charge < -0.3 is 4.74 Å². The highest BCUT2D eigenvalue weighted by Crippen LogP contribution is 2.22. The van der Waals surface area contributed by atoms with E-state index in [0.717, 1.165) is 12.1 Å². The Morgan fingerprint density at radius 3 is 2.69 bits per heavy atom. The summed E-state index contributed by atoms with van der Waals surface area (Å²) in [5.41, 5.74) is -0.412. The fourth-order valence-corrected chi connectivity index (χ4v) is 1.23. The van der Waals surface area contributed by atoms with Gasteiger partial charge in [-0.05, 0) is 25.5 Å². The predicted octanol–water partition coefficient (Wildman–Crippen LogP) is 2.22. The molecule has 6 heteroatoms. The van der Waals surface area contributed by atoms with Gasteiger partial charge in [0.25, 0.3) is 0 Å². The Kier molecular flexibility index (Phi) is 3.55. The number of carbonyl (C=O) groups excluding carboxylic acids is 1. The summed E-state index contributed by atoms with van der Waals surface area (Å²) < 4.78 is 17.8. The summed E-state index contributed by atoms with van der Waals surface area (Å²) >= 11 is 0. The van der Waals surface area contributed by atoms with E-state index >= 15 is 0 Å². The average molecular weight is 227 g/mol. The van der Waals surface area contributed by atoms with Crippen molar-refractivity contribution < 1.29 is 18.8 Å². The van der Waals surface area contributed by atoms with Crippen molar-refractivity contribution in [3.05, 3.63) is 39.2 Å². The normalized spacial score (nSPS) is 9.94. The molecule has 0 aliphatic carbocycles. The molecule has 1 aromatic carbocycles. The number of nitro groups is 1. The zero-order valence-electron chi connectivity index (χ0n) is 8.82. The molecular weight excluding hydrogens is 217 g/mol. The minimum atomic E-state index is -0.962. The molecule has 0 saturated carbocycles. The van der Waals surface area contributed by atoms with E-state index in [-0.39, 0.29) is 12.2 Å². The second kappa shape index (κ2) is 4.69. The first-order valence-electron chi connectivity index (χ1n) is 4.59. The van der Waals surface area contributed by atoms with E-state index in [0.29, 0.717) is 5.56 Å². The van der Waals surface area contributed by atoms with Crippen molar-refractivity contribution in [2.75, 3.05) is 6.61 Å². The monoisotopic (exact) mass is 227 g/mol. The summed E-state index contributed by atoms with van der Waals surface area (Å²) in [5, 5.41) is 10.5. The first-order chi connectivity index (χ1) is 7.47. The smallest absolute Gasteiger partial charge is 0.338 e. The molecule has 0 aromatic heterocycles. The molecule has 0 aliphatic rings. The van der Waals surface area contributed by atoms with Gasteiger partial charge in [-0.25, -0.2) is 4.79 Å². The third kappa shape index (κ3) is 2.33. The molecule has 0 spiro atoms. The van der Waals surface area contributed by atoms with Crippen LogP contribution < -0.4 is 0 Å². The van der Waals surface area contributed by atoms with Crippen LogP contribution in [0.4, 0.5) is 10.1 Å². The van der Waals surface area contributed by atoms with E-state index in [1.54, 1.807) is 6.92 Å². The number of nitrogens with zero attached hydrogens (tertiary/aromatic N) is 1. The summed E-state index contributed by atoms with van der Waals surface area (Å²) in [6.07, 6.45) is 0. The molecule has 16 heavy (non-hydrogen) atoms. The SMILES string of the molecule is CCOC(=O)c1cc([N+](=O)[O-])c(F)cc1C. The highest BCUT2D eigenvalue weighted by Gasteiger charge is 2.20. The summed E-state index contributed by atoms with van der Waals surface area (Å²) in [7, 11) is 0. The van der Waals surface area contributed by atoms with Crippen molar-refractivity contribution in [1.29, 1.82) is 0 Å². The minimum Gasteiger partial charge on any atom is -0.462 e. The molecule has 1 rings (SSSR count). The number of benzene rings is 1. The van der Waals surface area contributed by atoms with E-state index in [1.165, 1.54) is 6.92 Å². The fourth-order valence-electron chi connectivity index (χ4n) is 1.23. The van der Waals surface area contributed by atoms with Gasteiger partial charge in [0.2, 0.25) is 5.82 Å². The third-order valence-electron chi connectivity index (χ3n) is 1.99. The maximum Gasteiger partial charge on any atom is 0.338 e. The molecule has 1 aromatic rings. The van der Waals surface area contributed by atoms with Crippen molar-refractivity contribution in [1.82, 2.24) is 0 Å². The Bertz CT molecular complexity index is 445. The van der Waals surface area contributed by atoms with Crippen LogP contribution in [0.25, 0.3) is 0 Å². The first kappa shape index (κ1) is 12.1. The first-order valence-corrected chi connectivity index (χ1v) is 4.59. The molecule has 0 amide bonds. The Balaban J connectivity index is 3.24. The van der Waals surface area contributed by atoms with Gasteiger partial charge >= 0.3 is 11.7 Å². The van der Waals surface area contributed by atoms with Crippen LogP contribution in [0.3, 0.4) is 0 Å². The minimum absolute atomic E-state index is 0.00921. The Hall–Kier alpha value is -1.98. The molecule has 86 valence electrons. The summed E-state index contributed by atoms with van der Waals surface area (Å²) in [6, 6.07) is 1.84. The van der Waals surface area contributed by atoms with Crippen LogP contribution in [0.15, 0.2) is 12.1 Å². The maximum atomic E-state index is 13.1. The topological polar surface area (TPSA) is 69.4 Å². The lowest BCUT2D eigenvalue weighted by Crippen LogP contribution is -2.08. The highest BCUT2D eigenvalue weighted by atomic mass is 19.1. The molecule has 0 aliphatic heterocycles. The van der Waals surface area contributed by atoms with E-state index in [4.69, 9.17) is 4.74 Å². The molecule has 0 fully saturated rings.